The van der Waals surface area contributed by atoms with Gasteiger partial charge in [0.25, 0.3) is 5.89 Å². The van der Waals surface area contributed by atoms with Crippen LogP contribution in [0.1, 0.15) is 0 Å². The highest BCUT2D eigenvalue weighted by Crippen LogP contribution is 2.24. The zero-order valence-corrected chi connectivity index (χ0v) is 17.6. The number of benzene rings is 2. The molecular formula is C19H15BrN6O2S. The van der Waals surface area contributed by atoms with E-state index in [1.54, 1.807) is 11.6 Å². The normalized spacial score (nSPS) is 10.8. The smallest absolute Gasteiger partial charge is 0.296 e. The summed E-state index contributed by atoms with van der Waals surface area (Å²) in [4.78, 5) is 16.6. The molecule has 0 spiro atoms. The molecular weight excluding hydrogens is 456 g/mol. The average molecular weight is 471 g/mol. The molecule has 2 aromatic heterocycles. The lowest BCUT2D eigenvalue weighted by Crippen LogP contribution is -2.14. The number of carbonyl (C=O) groups is 1. The van der Waals surface area contributed by atoms with Gasteiger partial charge in [-0.05, 0) is 24.3 Å². The number of nitrogens with one attached hydrogen (secondary N) is 1. The second kappa shape index (κ2) is 8.58. The average Bonchev–Trinajstić information content (AvgIpc) is 3.36. The lowest BCUT2D eigenvalue weighted by atomic mass is 10.2. The van der Waals surface area contributed by atoms with Crippen LogP contribution in [0.2, 0.25) is 0 Å². The number of carbonyl (C=O) groups excluding carboxylic acids is 1. The van der Waals surface area contributed by atoms with Crippen LogP contribution in [0.25, 0.3) is 23.1 Å². The van der Waals surface area contributed by atoms with Gasteiger partial charge < -0.3 is 14.4 Å². The molecule has 0 radical (unpaired) electrons. The Morgan fingerprint density at radius 2 is 1.90 bits per heavy atom. The van der Waals surface area contributed by atoms with E-state index in [-0.39, 0.29) is 17.6 Å². The van der Waals surface area contributed by atoms with E-state index in [0.717, 1.165) is 15.7 Å². The van der Waals surface area contributed by atoms with Crippen molar-refractivity contribution in [2.75, 3.05) is 11.1 Å². The number of hydrogen-bond donors (Lipinski definition) is 1. The van der Waals surface area contributed by atoms with E-state index in [0.29, 0.717) is 16.8 Å². The molecule has 0 aliphatic carbocycles. The fourth-order valence-electron chi connectivity index (χ4n) is 2.51. The van der Waals surface area contributed by atoms with Gasteiger partial charge in [-0.15, -0.1) is 10.2 Å². The van der Waals surface area contributed by atoms with E-state index in [2.05, 4.69) is 41.6 Å². The molecule has 4 rings (SSSR count). The number of amides is 1. The van der Waals surface area contributed by atoms with E-state index >= 15 is 0 Å². The van der Waals surface area contributed by atoms with Crippen molar-refractivity contribution in [3.63, 3.8) is 0 Å². The molecule has 2 aromatic carbocycles. The van der Waals surface area contributed by atoms with Gasteiger partial charge in [0, 0.05) is 22.8 Å². The van der Waals surface area contributed by atoms with E-state index in [1.165, 1.54) is 11.8 Å². The van der Waals surface area contributed by atoms with Gasteiger partial charge in [-0.2, -0.15) is 4.98 Å². The largest absolute Gasteiger partial charge is 0.330 e. The minimum absolute atomic E-state index is 0.133. The first-order valence-corrected chi connectivity index (χ1v) is 10.3. The fraction of sp³-hybridized carbons (Fsp3) is 0.105. The Labute approximate surface area is 178 Å². The fourth-order valence-corrected chi connectivity index (χ4v) is 3.48. The molecule has 0 atom stereocenters. The molecule has 1 N–H and O–H groups in total. The summed E-state index contributed by atoms with van der Waals surface area (Å²) < 4.78 is 8.01. The van der Waals surface area contributed by atoms with Crippen LogP contribution in [0.4, 0.5) is 5.69 Å². The van der Waals surface area contributed by atoms with Crippen LogP contribution < -0.4 is 5.32 Å². The van der Waals surface area contributed by atoms with E-state index in [9.17, 15) is 4.79 Å². The topological polar surface area (TPSA) is 98.7 Å². The number of thioether (sulfide) groups is 1. The summed E-state index contributed by atoms with van der Waals surface area (Å²) >= 11 is 4.64. The molecule has 0 aliphatic heterocycles. The highest BCUT2D eigenvalue weighted by molar-refractivity contribution is 9.10. The minimum Gasteiger partial charge on any atom is -0.330 e. The molecule has 146 valence electrons. The first-order valence-electron chi connectivity index (χ1n) is 8.57. The molecule has 0 bridgehead atoms. The zero-order valence-electron chi connectivity index (χ0n) is 15.2. The highest BCUT2D eigenvalue weighted by Gasteiger charge is 2.19. The van der Waals surface area contributed by atoms with Gasteiger partial charge in [-0.25, -0.2) is 0 Å². The summed E-state index contributed by atoms with van der Waals surface area (Å²) in [6, 6.07) is 16.9. The Morgan fingerprint density at radius 1 is 1.14 bits per heavy atom. The van der Waals surface area contributed by atoms with Crippen molar-refractivity contribution in [1.82, 2.24) is 24.9 Å². The lowest BCUT2D eigenvalue weighted by Gasteiger charge is -2.05. The van der Waals surface area contributed by atoms with Crippen molar-refractivity contribution in [3.05, 3.63) is 59.1 Å². The van der Waals surface area contributed by atoms with Crippen LogP contribution in [0.3, 0.4) is 0 Å². The Bertz CT molecular complexity index is 1130. The van der Waals surface area contributed by atoms with Crippen LogP contribution in [0, 0.1) is 0 Å². The Hall–Kier alpha value is -2.98. The third kappa shape index (κ3) is 4.54. The first-order chi connectivity index (χ1) is 14.1. The number of hydrogen-bond acceptors (Lipinski definition) is 7. The lowest BCUT2D eigenvalue weighted by molar-refractivity contribution is -0.113. The van der Waals surface area contributed by atoms with Crippen molar-refractivity contribution < 1.29 is 9.32 Å². The van der Waals surface area contributed by atoms with Gasteiger partial charge in [-0.1, -0.05) is 63.2 Å². The van der Waals surface area contributed by atoms with E-state index in [1.807, 2.05) is 54.6 Å². The van der Waals surface area contributed by atoms with Gasteiger partial charge in [-0.3, -0.25) is 4.79 Å². The van der Waals surface area contributed by atoms with Crippen molar-refractivity contribution in [1.29, 1.82) is 0 Å². The van der Waals surface area contributed by atoms with Gasteiger partial charge in [0.1, 0.15) is 0 Å². The number of rotatable bonds is 6. The second-order valence-corrected chi connectivity index (χ2v) is 7.86. The molecule has 29 heavy (non-hydrogen) atoms. The Morgan fingerprint density at radius 3 is 2.66 bits per heavy atom. The first kappa shape index (κ1) is 19.3. The number of anilines is 1. The van der Waals surface area contributed by atoms with Crippen LogP contribution in [0.15, 0.2) is 68.7 Å². The standard InChI is InChI=1S/C19H15BrN6O2S/c1-26-17(18-22-16(25-28-18)12-5-3-2-4-6-12)23-24-19(26)29-11-15(27)21-14-9-7-13(20)8-10-14/h2-10H,11H2,1H3,(H,21,27). The Balaban J connectivity index is 1.42. The number of halogens is 1. The predicted octanol–water partition coefficient (Wildman–Crippen LogP) is 4.03. The van der Waals surface area contributed by atoms with E-state index < -0.39 is 0 Å². The van der Waals surface area contributed by atoms with E-state index in [4.69, 9.17) is 4.52 Å². The highest BCUT2D eigenvalue weighted by atomic mass is 79.9. The monoisotopic (exact) mass is 470 g/mol. The van der Waals surface area contributed by atoms with Crippen LogP contribution in [-0.4, -0.2) is 36.6 Å². The molecule has 0 unspecified atom stereocenters. The maximum Gasteiger partial charge on any atom is 0.296 e. The van der Waals surface area contributed by atoms with Crippen molar-refractivity contribution in [2.45, 2.75) is 5.16 Å². The molecule has 0 aliphatic rings. The van der Waals surface area contributed by atoms with Crippen LogP contribution >= 0.6 is 27.7 Å². The third-order valence-corrected chi connectivity index (χ3v) is 5.49. The second-order valence-electron chi connectivity index (χ2n) is 6.00. The van der Waals surface area contributed by atoms with Crippen molar-refractivity contribution in [3.8, 4) is 23.1 Å². The summed E-state index contributed by atoms with van der Waals surface area (Å²) in [7, 11) is 1.79. The molecule has 2 heterocycles. The van der Waals surface area contributed by atoms with Gasteiger partial charge >= 0.3 is 0 Å². The molecule has 0 saturated carbocycles. The minimum atomic E-state index is -0.133. The maximum absolute atomic E-state index is 12.2. The SMILES string of the molecule is Cn1c(SCC(=O)Nc2ccc(Br)cc2)nnc1-c1nc(-c2ccccc2)no1. The van der Waals surface area contributed by atoms with Gasteiger partial charge in [0.2, 0.25) is 17.6 Å². The summed E-state index contributed by atoms with van der Waals surface area (Å²) in [5.41, 5.74) is 1.58. The van der Waals surface area contributed by atoms with Crippen LogP contribution in [0.5, 0.6) is 0 Å². The van der Waals surface area contributed by atoms with Gasteiger partial charge in [0.15, 0.2) is 5.16 Å². The Kier molecular flexibility index (Phi) is 5.72. The summed E-state index contributed by atoms with van der Waals surface area (Å²) in [6.45, 7) is 0. The third-order valence-electron chi connectivity index (χ3n) is 3.94. The quantitative estimate of drug-likeness (QED) is 0.424. The summed E-state index contributed by atoms with van der Waals surface area (Å²) in [5.74, 6) is 1.25. The molecule has 4 aromatic rings. The summed E-state index contributed by atoms with van der Waals surface area (Å²) in [5, 5.41) is 15.7. The molecule has 10 heteroatoms. The van der Waals surface area contributed by atoms with Crippen LogP contribution in [-0.2, 0) is 11.8 Å². The molecule has 0 saturated heterocycles. The predicted molar refractivity (Wildman–Crippen MR) is 113 cm³/mol. The van der Waals surface area contributed by atoms with Crippen molar-refractivity contribution >= 4 is 39.3 Å². The van der Waals surface area contributed by atoms with Crippen molar-refractivity contribution in [2.24, 2.45) is 7.05 Å². The molecule has 0 fully saturated rings. The summed E-state index contributed by atoms with van der Waals surface area (Å²) in [6.07, 6.45) is 0. The zero-order chi connectivity index (χ0) is 20.2. The number of nitrogens with zero attached hydrogens (tertiary/aromatic N) is 5. The van der Waals surface area contributed by atoms with Gasteiger partial charge in [0.05, 0.1) is 5.75 Å². The molecule has 8 nitrogen and oxygen atoms in total. The molecule has 1 amide bonds. The maximum atomic E-state index is 12.2. The number of aromatic nitrogens is 5.